The third-order valence-corrected chi connectivity index (χ3v) is 6.03. The van der Waals surface area contributed by atoms with Gasteiger partial charge in [0.1, 0.15) is 11.5 Å². The number of hydrogen-bond acceptors (Lipinski definition) is 4. The number of aromatic nitrogens is 3. The number of imidazole rings is 1. The molecule has 1 aromatic carbocycles. The lowest BCUT2D eigenvalue weighted by atomic mass is 9.90. The van der Waals surface area contributed by atoms with Gasteiger partial charge < -0.3 is 15.3 Å². The maximum absolute atomic E-state index is 11.0. The second-order valence-electron chi connectivity index (χ2n) is 7.17. The van der Waals surface area contributed by atoms with Crippen molar-refractivity contribution in [3.63, 3.8) is 0 Å². The van der Waals surface area contributed by atoms with E-state index in [2.05, 4.69) is 20.2 Å². The maximum atomic E-state index is 11.0. The highest BCUT2D eigenvalue weighted by molar-refractivity contribution is 6.43. The van der Waals surface area contributed by atoms with E-state index in [4.69, 9.17) is 28.3 Å². The number of amides is 1. The Balaban J connectivity index is 1.67. The minimum Gasteiger partial charge on any atom is -0.465 e. The first-order valence-corrected chi connectivity index (χ1v) is 9.66. The first kappa shape index (κ1) is 18.8. The number of fused-ring (bicyclic) bond motifs is 1. The fraction of sp³-hybridized carbons (Fsp3) is 0.316. The largest absolute Gasteiger partial charge is 0.465 e. The van der Waals surface area contributed by atoms with Crippen molar-refractivity contribution in [2.24, 2.45) is 0 Å². The van der Waals surface area contributed by atoms with Crippen LogP contribution in [0.2, 0.25) is 10.0 Å². The van der Waals surface area contributed by atoms with Crippen LogP contribution in [0.4, 0.5) is 10.6 Å². The summed E-state index contributed by atoms with van der Waals surface area (Å²) in [6.07, 6.45) is 5.83. The second kappa shape index (κ2) is 7.14. The molecule has 4 rings (SSSR count). The van der Waals surface area contributed by atoms with Gasteiger partial charge in [-0.1, -0.05) is 35.3 Å². The number of halogens is 2. The molecule has 2 aromatic heterocycles. The molecule has 3 heterocycles. The molecule has 2 N–H and O–H groups in total. The van der Waals surface area contributed by atoms with E-state index < -0.39 is 11.6 Å². The number of nitrogens with one attached hydrogen (secondary N) is 1. The van der Waals surface area contributed by atoms with Gasteiger partial charge in [0, 0.05) is 36.6 Å². The van der Waals surface area contributed by atoms with Gasteiger partial charge in [0.25, 0.3) is 0 Å². The monoisotopic (exact) mass is 419 g/mol. The lowest BCUT2D eigenvalue weighted by Gasteiger charge is -2.40. The molecule has 146 valence electrons. The summed E-state index contributed by atoms with van der Waals surface area (Å²) in [6.45, 7) is 3.36. The molecule has 0 bridgehead atoms. The summed E-state index contributed by atoms with van der Waals surface area (Å²) in [4.78, 5) is 22.3. The van der Waals surface area contributed by atoms with Crippen molar-refractivity contribution in [1.29, 1.82) is 0 Å². The minimum atomic E-state index is -0.989. The minimum absolute atomic E-state index is 0.419. The van der Waals surface area contributed by atoms with Gasteiger partial charge in [0.05, 0.1) is 16.2 Å². The molecule has 0 radical (unpaired) electrons. The molecule has 0 saturated carbocycles. The smallest absolute Gasteiger partial charge is 0.405 e. The van der Waals surface area contributed by atoms with Crippen molar-refractivity contribution in [3.05, 3.63) is 46.8 Å². The van der Waals surface area contributed by atoms with E-state index in [1.807, 2.05) is 29.7 Å². The third kappa shape index (κ3) is 3.36. The van der Waals surface area contributed by atoms with Crippen LogP contribution in [-0.2, 0) is 0 Å². The van der Waals surface area contributed by atoms with Crippen LogP contribution < -0.4 is 10.2 Å². The van der Waals surface area contributed by atoms with E-state index in [1.165, 1.54) is 0 Å². The maximum Gasteiger partial charge on any atom is 0.405 e. The Morgan fingerprint density at radius 3 is 2.71 bits per heavy atom. The van der Waals surface area contributed by atoms with Crippen molar-refractivity contribution in [2.45, 2.75) is 25.3 Å². The Morgan fingerprint density at radius 1 is 1.25 bits per heavy atom. The van der Waals surface area contributed by atoms with Crippen LogP contribution in [-0.4, -0.2) is 44.2 Å². The Bertz CT molecular complexity index is 1040. The lowest BCUT2D eigenvalue weighted by molar-refractivity contribution is 0.173. The molecule has 1 aliphatic heterocycles. The number of piperidine rings is 1. The molecule has 0 atom stereocenters. The van der Waals surface area contributed by atoms with Crippen molar-refractivity contribution < 1.29 is 9.90 Å². The topological polar surface area (TPSA) is 82.8 Å². The van der Waals surface area contributed by atoms with Gasteiger partial charge in [-0.05, 0) is 25.8 Å². The van der Waals surface area contributed by atoms with E-state index >= 15 is 0 Å². The van der Waals surface area contributed by atoms with Gasteiger partial charge in [0.15, 0.2) is 5.65 Å². The van der Waals surface area contributed by atoms with Crippen LogP contribution in [0.1, 0.15) is 19.8 Å². The third-order valence-electron chi connectivity index (χ3n) is 5.21. The van der Waals surface area contributed by atoms with Gasteiger partial charge in [-0.15, -0.1) is 0 Å². The van der Waals surface area contributed by atoms with Crippen molar-refractivity contribution in [1.82, 2.24) is 19.7 Å². The molecule has 1 saturated heterocycles. The molecular weight excluding hydrogens is 401 g/mol. The summed E-state index contributed by atoms with van der Waals surface area (Å²) in [6, 6.07) is 5.44. The van der Waals surface area contributed by atoms with Gasteiger partial charge >= 0.3 is 6.09 Å². The Hall–Kier alpha value is -2.51. The fourth-order valence-corrected chi connectivity index (χ4v) is 4.02. The first-order valence-electron chi connectivity index (χ1n) is 8.90. The summed E-state index contributed by atoms with van der Waals surface area (Å²) in [7, 11) is 0. The van der Waals surface area contributed by atoms with Crippen molar-refractivity contribution >= 4 is 40.8 Å². The summed E-state index contributed by atoms with van der Waals surface area (Å²) in [5.74, 6) is 0.909. The molecule has 28 heavy (non-hydrogen) atoms. The van der Waals surface area contributed by atoms with Crippen molar-refractivity contribution in [3.8, 4) is 11.3 Å². The Labute approximate surface area is 171 Å². The zero-order valence-electron chi connectivity index (χ0n) is 15.2. The van der Waals surface area contributed by atoms with Gasteiger partial charge in [0.2, 0.25) is 0 Å². The molecule has 0 aliphatic carbocycles. The highest BCUT2D eigenvalue weighted by Gasteiger charge is 2.32. The number of carboxylic acid groups (broad SMARTS) is 1. The molecular formula is C19H19Cl2N5O2. The Morgan fingerprint density at radius 2 is 2.00 bits per heavy atom. The molecule has 1 aliphatic rings. The first-order chi connectivity index (χ1) is 13.4. The molecule has 3 aromatic rings. The highest BCUT2D eigenvalue weighted by Crippen LogP contribution is 2.35. The van der Waals surface area contributed by atoms with Gasteiger partial charge in [-0.3, -0.25) is 4.40 Å². The molecule has 1 fully saturated rings. The summed E-state index contributed by atoms with van der Waals surface area (Å²) in [5, 5.41) is 12.6. The average Bonchev–Trinajstić information content (AvgIpc) is 3.13. The van der Waals surface area contributed by atoms with E-state index in [0.717, 1.165) is 11.4 Å². The standard InChI is InChI=1S/C19H19Cl2N5O2/c1-19(24-18(27)28)5-8-25(9-6-19)14-11-23-16(17-22-7-10-26(14)17)12-3-2-4-13(20)15(12)21/h2-4,7,10-11,24H,5-6,8-9H2,1H3,(H,27,28). The van der Waals surface area contributed by atoms with E-state index in [1.54, 1.807) is 18.5 Å². The molecule has 0 unspecified atom stereocenters. The average molecular weight is 420 g/mol. The summed E-state index contributed by atoms with van der Waals surface area (Å²) < 4.78 is 1.98. The van der Waals surface area contributed by atoms with Gasteiger partial charge in [-0.25, -0.2) is 14.8 Å². The van der Waals surface area contributed by atoms with E-state index in [0.29, 0.717) is 47.3 Å². The number of nitrogens with zero attached hydrogens (tertiary/aromatic N) is 4. The lowest BCUT2D eigenvalue weighted by Crippen LogP contribution is -2.53. The van der Waals surface area contributed by atoms with Gasteiger partial charge in [-0.2, -0.15) is 0 Å². The SMILES string of the molecule is CC1(NC(=O)O)CCN(c2cnc(-c3cccc(Cl)c3Cl)c3nccn23)CC1. The molecule has 0 spiro atoms. The van der Waals surface area contributed by atoms with Crippen LogP contribution in [0.5, 0.6) is 0 Å². The van der Waals surface area contributed by atoms with E-state index in [9.17, 15) is 4.79 Å². The molecule has 1 amide bonds. The zero-order chi connectivity index (χ0) is 19.9. The van der Waals surface area contributed by atoms with Crippen molar-refractivity contribution in [2.75, 3.05) is 18.0 Å². The second-order valence-corrected chi connectivity index (χ2v) is 7.95. The molecule has 7 nitrogen and oxygen atoms in total. The summed E-state index contributed by atoms with van der Waals surface area (Å²) in [5.41, 5.74) is 1.67. The number of carbonyl (C=O) groups is 1. The number of rotatable bonds is 3. The van der Waals surface area contributed by atoms with Crippen LogP contribution in [0, 0.1) is 0 Å². The van der Waals surface area contributed by atoms with Crippen LogP contribution in [0.25, 0.3) is 16.9 Å². The number of hydrogen-bond donors (Lipinski definition) is 2. The molecule has 9 heteroatoms. The van der Waals surface area contributed by atoms with Crippen LogP contribution >= 0.6 is 23.2 Å². The predicted molar refractivity (Wildman–Crippen MR) is 109 cm³/mol. The number of anilines is 1. The highest BCUT2D eigenvalue weighted by atomic mass is 35.5. The Kier molecular flexibility index (Phi) is 4.81. The normalized spacial score (nSPS) is 16.3. The quantitative estimate of drug-likeness (QED) is 0.659. The predicted octanol–water partition coefficient (Wildman–Crippen LogP) is 4.33. The summed E-state index contributed by atoms with van der Waals surface area (Å²) >= 11 is 12.5. The fourth-order valence-electron chi connectivity index (χ4n) is 3.63. The zero-order valence-corrected chi connectivity index (χ0v) is 16.7. The number of benzene rings is 1. The van der Waals surface area contributed by atoms with Crippen LogP contribution in [0.3, 0.4) is 0 Å². The van der Waals surface area contributed by atoms with E-state index in [-0.39, 0.29) is 0 Å². The van der Waals surface area contributed by atoms with Crippen LogP contribution in [0.15, 0.2) is 36.8 Å².